The zero-order valence-electron chi connectivity index (χ0n) is 16.0. The third kappa shape index (κ3) is 4.93. The highest BCUT2D eigenvalue weighted by atomic mass is 35.5. The quantitative estimate of drug-likeness (QED) is 0.430. The molecule has 0 bridgehead atoms. The van der Waals surface area contributed by atoms with Crippen molar-refractivity contribution in [3.63, 3.8) is 0 Å². The van der Waals surface area contributed by atoms with E-state index in [0.29, 0.717) is 36.0 Å². The van der Waals surface area contributed by atoms with Gasteiger partial charge in [-0.15, -0.1) is 0 Å². The molecule has 0 saturated heterocycles. The van der Waals surface area contributed by atoms with Crippen molar-refractivity contribution in [3.8, 4) is 5.75 Å². The Kier molecular flexibility index (Phi) is 6.71. The van der Waals surface area contributed by atoms with Crippen LogP contribution in [0, 0.1) is 0 Å². The third-order valence-corrected chi connectivity index (χ3v) is 4.71. The van der Waals surface area contributed by atoms with Gasteiger partial charge in [0.1, 0.15) is 18.2 Å². The lowest BCUT2D eigenvalue weighted by Crippen LogP contribution is -2.25. The number of aromatic nitrogens is 2. The first-order valence-electron chi connectivity index (χ1n) is 9.31. The van der Waals surface area contributed by atoms with E-state index in [2.05, 4.69) is 22.5 Å². The second-order valence-electron chi connectivity index (χ2n) is 6.59. The van der Waals surface area contributed by atoms with Crippen LogP contribution >= 0.6 is 11.6 Å². The van der Waals surface area contributed by atoms with Crippen LogP contribution in [0.5, 0.6) is 5.75 Å². The first kappa shape index (κ1) is 20.0. The average Bonchev–Trinajstić information content (AvgIpc) is 3.04. The molecule has 2 aromatic carbocycles. The van der Waals surface area contributed by atoms with Gasteiger partial charge in [0.15, 0.2) is 0 Å². The van der Waals surface area contributed by atoms with Gasteiger partial charge in [0.2, 0.25) is 5.91 Å². The Morgan fingerprint density at radius 1 is 1.21 bits per heavy atom. The number of fused-ring (bicyclic) bond motifs is 1. The molecule has 0 aliphatic rings. The van der Waals surface area contributed by atoms with Gasteiger partial charge < -0.3 is 14.6 Å². The van der Waals surface area contributed by atoms with Crippen LogP contribution in [0.4, 0.5) is 0 Å². The number of nitrogens with zero attached hydrogens (tertiary/aromatic N) is 2. The molecular formula is C22H24ClN3O2. The summed E-state index contributed by atoms with van der Waals surface area (Å²) in [5.74, 6) is 1.55. The standard InChI is InChI=1S/C22H24ClN3O2/c1-16(2)22(27)24-13-7-12-21-25-18-9-4-5-10-19(18)26(21)14-15-28-20-11-6-3-8-17(20)23/h3-6,8-11H,1,7,12-15H2,2H3,(H,24,27). The Hall–Kier alpha value is -2.79. The maximum Gasteiger partial charge on any atom is 0.246 e. The fourth-order valence-corrected chi connectivity index (χ4v) is 3.16. The Labute approximate surface area is 170 Å². The van der Waals surface area contributed by atoms with E-state index in [4.69, 9.17) is 21.3 Å². The van der Waals surface area contributed by atoms with Gasteiger partial charge in [0.05, 0.1) is 22.6 Å². The van der Waals surface area contributed by atoms with Crippen LogP contribution in [0.15, 0.2) is 60.7 Å². The highest BCUT2D eigenvalue weighted by Gasteiger charge is 2.11. The molecule has 0 saturated carbocycles. The van der Waals surface area contributed by atoms with E-state index < -0.39 is 0 Å². The molecule has 0 aliphatic carbocycles. The topological polar surface area (TPSA) is 56.2 Å². The van der Waals surface area contributed by atoms with Gasteiger partial charge in [-0.1, -0.05) is 42.4 Å². The number of nitrogens with one attached hydrogen (secondary N) is 1. The summed E-state index contributed by atoms with van der Waals surface area (Å²) >= 11 is 6.16. The van der Waals surface area contributed by atoms with Crippen molar-refractivity contribution in [2.24, 2.45) is 0 Å². The second kappa shape index (κ2) is 9.42. The predicted octanol–water partition coefficient (Wildman–Crippen LogP) is 4.39. The number of benzene rings is 2. The van der Waals surface area contributed by atoms with Gasteiger partial charge in [-0.3, -0.25) is 4.79 Å². The highest BCUT2D eigenvalue weighted by molar-refractivity contribution is 6.32. The normalized spacial score (nSPS) is 10.8. The Bertz CT molecular complexity index is 981. The van der Waals surface area contributed by atoms with Gasteiger partial charge in [0, 0.05) is 18.5 Å². The molecule has 3 aromatic rings. The van der Waals surface area contributed by atoms with Crippen molar-refractivity contribution in [2.75, 3.05) is 13.2 Å². The van der Waals surface area contributed by atoms with Gasteiger partial charge in [-0.25, -0.2) is 4.98 Å². The summed E-state index contributed by atoms with van der Waals surface area (Å²) in [6.45, 7) is 7.09. The maximum absolute atomic E-state index is 11.6. The molecule has 28 heavy (non-hydrogen) atoms. The number of carbonyl (C=O) groups excluding carboxylic acids is 1. The molecular weight excluding hydrogens is 374 g/mol. The minimum absolute atomic E-state index is 0.110. The molecule has 0 aliphatic heterocycles. The zero-order valence-corrected chi connectivity index (χ0v) is 16.7. The van der Waals surface area contributed by atoms with Gasteiger partial charge in [-0.2, -0.15) is 0 Å². The SMILES string of the molecule is C=C(C)C(=O)NCCCc1nc2ccccc2n1CCOc1ccccc1Cl. The molecule has 146 valence electrons. The summed E-state index contributed by atoms with van der Waals surface area (Å²) < 4.78 is 8.02. The molecule has 1 N–H and O–H groups in total. The second-order valence-corrected chi connectivity index (χ2v) is 6.99. The number of para-hydroxylation sites is 3. The lowest BCUT2D eigenvalue weighted by molar-refractivity contribution is -0.117. The summed E-state index contributed by atoms with van der Waals surface area (Å²) in [4.78, 5) is 16.4. The number of carbonyl (C=O) groups is 1. The molecule has 0 fully saturated rings. The van der Waals surface area contributed by atoms with E-state index >= 15 is 0 Å². The van der Waals surface area contributed by atoms with Crippen molar-refractivity contribution in [1.82, 2.24) is 14.9 Å². The van der Waals surface area contributed by atoms with Crippen molar-refractivity contribution in [3.05, 3.63) is 71.5 Å². The fourth-order valence-electron chi connectivity index (χ4n) is 2.97. The first-order valence-corrected chi connectivity index (χ1v) is 9.69. The molecule has 0 spiro atoms. The third-order valence-electron chi connectivity index (χ3n) is 4.39. The summed E-state index contributed by atoms with van der Waals surface area (Å²) in [7, 11) is 0. The maximum atomic E-state index is 11.6. The van der Waals surface area contributed by atoms with Gasteiger partial charge in [0.25, 0.3) is 0 Å². The first-order chi connectivity index (χ1) is 13.6. The predicted molar refractivity (Wildman–Crippen MR) is 113 cm³/mol. The minimum Gasteiger partial charge on any atom is -0.490 e. The summed E-state index contributed by atoms with van der Waals surface area (Å²) in [5, 5.41) is 3.46. The van der Waals surface area contributed by atoms with Crippen LogP contribution in [-0.4, -0.2) is 28.6 Å². The molecule has 3 rings (SSSR count). The van der Waals surface area contributed by atoms with Crippen molar-refractivity contribution in [2.45, 2.75) is 26.3 Å². The molecule has 0 radical (unpaired) electrons. The van der Waals surface area contributed by atoms with Crippen LogP contribution in [0.3, 0.4) is 0 Å². The van der Waals surface area contributed by atoms with Crippen LogP contribution in [0.2, 0.25) is 5.02 Å². The largest absolute Gasteiger partial charge is 0.490 e. The smallest absolute Gasteiger partial charge is 0.246 e. The average molecular weight is 398 g/mol. The minimum atomic E-state index is -0.110. The van der Waals surface area contributed by atoms with Gasteiger partial charge in [-0.05, 0) is 37.6 Å². The Morgan fingerprint density at radius 3 is 2.75 bits per heavy atom. The number of halogens is 1. The number of hydrogen-bond acceptors (Lipinski definition) is 3. The van der Waals surface area contributed by atoms with E-state index in [0.717, 1.165) is 29.7 Å². The lowest BCUT2D eigenvalue weighted by Gasteiger charge is -2.12. The van der Waals surface area contributed by atoms with Crippen LogP contribution in [0.1, 0.15) is 19.2 Å². The van der Waals surface area contributed by atoms with E-state index in [1.807, 2.05) is 42.5 Å². The monoisotopic (exact) mass is 397 g/mol. The van der Waals surface area contributed by atoms with Crippen LogP contribution < -0.4 is 10.1 Å². The Morgan fingerprint density at radius 2 is 1.96 bits per heavy atom. The lowest BCUT2D eigenvalue weighted by atomic mass is 10.2. The summed E-state index contributed by atoms with van der Waals surface area (Å²) in [5.41, 5.74) is 2.55. The highest BCUT2D eigenvalue weighted by Crippen LogP contribution is 2.23. The van der Waals surface area contributed by atoms with E-state index in [1.54, 1.807) is 6.92 Å². The molecule has 0 atom stereocenters. The number of amides is 1. The van der Waals surface area contributed by atoms with Crippen molar-refractivity contribution >= 4 is 28.5 Å². The van der Waals surface area contributed by atoms with Crippen molar-refractivity contribution < 1.29 is 9.53 Å². The number of hydrogen-bond donors (Lipinski definition) is 1. The summed E-state index contributed by atoms with van der Waals surface area (Å²) in [6.07, 6.45) is 1.56. The number of rotatable bonds is 9. The zero-order chi connectivity index (χ0) is 19.9. The molecule has 1 aromatic heterocycles. The fraction of sp³-hybridized carbons (Fsp3) is 0.273. The molecule has 1 heterocycles. The van der Waals surface area contributed by atoms with E-state index in [1.165, 1.54) is 0 Å². The Balaban J connectivity index is 1.66. The van der Waals surface area contributed by atoms with E-state index in [9.17, 15) is 4.79 Å². The summed E-state index contributed by atoms with van der Waals surface area (Å²) in [6, 6.07) is 15.5. The number of aryl methyl sites for hydroxylation is 1. The molecule has 5 nitrogen and oxygen atoms in total. The van der Waals surface area contributed by atoms with E-state index in [-0.39, 0.29) is 5.91 Å². The van der Waals surface area contributed by atoms with Crippen LogP contribution in [0.25, 0.3) is 11.0 Å². The van der Waals surface area contributed by atoms with Gasteiger partial charge >= 0.3 is 0 Å². The number of ether oxygens (including phenoxy) is 1. The van der Waals surface area contributed by atoms with Crippen molar-refractivity contribution in [1.29, 1.82) is 0 Å². The molecule has 1 amide bonds. The van der Waals surface area contributed by atoms with Crippen LogP contribution in [-0.2, 0) is 17.8 Å². The number of imidazole rings is 1. The molecule has 0 unspecified atom stereocenters. The molecule has 6 heteroatoms.